The predicted molar refractivity (Wildman–Crippen MR) is 141 cm³/mol. The fourth-order valence-electron chi connectivity index (χ4n) is 3.70. The van der Waals surface area contributed by atoms with E-state index in [1.807, 2.05) is 45.0 Å². The van der Waals surface area contributed by atoms with Crippen LogP contribution in [0.3, 0.4) is 0 Å². The number of aryl methyl sites for hydroxylation is 1. The van der Waals surface area contributed by atoms with Crippen LogP contribution < -0.4 is 15.4 Å². The Kier molecular flexibility index (Phi) is 9.90. The number of carbonyl (C=O) groups excluding carboxylic acids is 3. The number of hydrogen-bond donors (Lipinski definition) is 2. The molecule has 0 heterocycles. The zero-order chi connectivity index (χ0) is 27.0. The fraction of sp³-hybridized carbons (Fsp3) is 0.464. The third kappa shape index (κ3) is 8.59. The van der Waals surface area contributed by atoms with Gasteiger partial charge >= 0.3 is 6.09 Å². The number of methoxy groups -OCH3 is 1. The second-order valence-corrected chi connectivity index (χ2v) is 10.3. The maximum absolute atomic E-state index is 13.7. The lowest BCUT2D eigenvalue weighted by Gasteiger charge is -2.32. The van der Waals surface area contributed by atoms with E-state index in [0.717, 1.165) is 5.56 Å². The molecule has 2 aromatic carbocycles. The molecule has 3 amide bonds. The maximum atomic E-state index is 13.7. The van der Waals surface area contributed by atoms with E-state index in [9.17, 15) is 14.4 Å². The van der Waals surface area contributed by atoms with Gasteiger partial charge in [-0.2, -0.15) is 0 Å². The van der Waals surface area contributed by atoms with Crippen LogP contribution in [0.4, 0.5) is 10.5 Å². The van der Waals surface area contributed by atoms with Gasteiger partial charge < -0.3 is 25.0 Å². The molecule has 8 heteroatoms. The molecule has 0 radical (unpaired) electrons. The van der Waals surface area contributed by atoms with Gasteiger partial charge in [0.25, 0.3) is 5.91 Å². The van der Waals surface area contributed by atoms with E-state index < -0.39 is 23.8 Å². The van der Waals surface area contributed by atoms with Gasteiger partial charge in [-0.05, 0) is 69.9 Å². The van der Waals surface area contributed by atoms with Crippen LogP contribution in [-0.4, -0.2) is 48.6 Å². The zero-order valence-corrected chi connectivity index (χ0v) is 22.5. The zero-order valence-electron chi connectivity index (χ0n) is 22.5. The van der Waals surface area contributed by atoms with Gasteiger partial charge in [0, 0.05) is 12.7 Å². The van der Waals surface area contributed by atoms with Crippen LogP contribution in [0.2, 0.25) is 0 Å². The molecule has 0 bridgehead atoms. The average molecular weight is 498 g/mol. The Morgan fingerprint density at radius 1 is 0.972 bits per heavy atom. The van der Waals surface area contributed by atoms with Crippen molar-refractivity contribution in [3.8, 4) is 5.75 Å². The van der Waals surface area contributed by atoms with Crippen molar-refractivity contribution in [1.82, 2.24) is 10.2 Å². The number of nitrogens with zero attached hydrogens (tertiary/aromatic N) is 1. The number of benzene rings is 2. The Morgan fingerprint density at radius 3 is 2.06 bits per heavy atom. The highest BCUT2D eigenvalue weighted by Crippen LogP contribution is 2.25. The summed E-state index contributed by atoms with van der Waals surface area (Å²) in [5.74, 6) is 0.0267. The quantitative estimate of drug-likeness (QED) is 0.504. The third-order valence-corrected chi connectivity index (χ3v) is 5.43. The highest BCUT2D eigenvalue weighted by molar-refractivity contribution is 5.98. The standard InChI is InChI=1S/C28H39N3O5/c1-18(2)17-23(30-27(34)36-28(4,5)6)26(33)31(7)24(20-11-9-19(3)10-12-20)25(32)29-21-13-15-22(35-8)16-14-21/h9-16,18,23-24H,17H2,1-8H3,(H,29,32)(H,30,34). The summed E-state index contributed by atoms with van der Waals surface area (Å²) in [6.07, 6.45) is -0.284. The number of anilines is 1. The Hall–Kier alpha value is -3.55. The van der Waals surface area contributed by atoms with E-state index >= 15 is 0 Å². The Bertz CT molecular complexity index is 1030. The molecule has 0 saturated heterocycles. The second kappa shape index (κ2) is 12.4. The number of likely N-dealkylation sites (N-methyl/N-ethyl adjacent to an activating group) is 1. The first-order chi connectivity index (χ1) is 16.8. The lowest BCUT2D eigenvalue weighted by atomic mass is 9.99. The minimum atomic E-state index is -0.921. The molecule has 36 heavy (non-hydrogen) atoms. The Labute approximate surface area is 214 Å². The Balaban J connectivity index is 2.35. The summed E-state index contributed by atoms with van der Waals surface area (Å²) < 4.78 is 10.6. The monoisotopic (exact) mass is 497 g/mol. The van der Waals surface area contributed by atoms with E-state index in [1.165, 1.54) is 4.90 Å². The van der Waals surface area contributed by atoms with Gasteiger partial charge in [0.1, 0.15) is 23.4 Å². The first-order valence-corrected chi connectivity index (χ1v) is 12.1. The first kappa shape index (κ1) is 28.7. The van der Waals surface area contributed by atoms with Gasteiger partial charge in [-0.25, -0.2) is 4.79 Å². The van der Waals surface area contributed by atoms with Crippen molar-refractivity contribution in [2.24, 2.45) is 5.92 Å². The van der Waals surface area contributed by atoms with Crippen molar-refractivity contribution < 1.29 is 23.9 Å². The van der Waals surface area contributed by atoms with E-state index in [1.54, 1.807) is 59.2 Å². The molecular weight excluding hydrogens is 458 g/mol. The summed E-state index contributed by atoms with van der Waals surface area (Å²) in [6.45, 7) is 11.2. The largest absolute Gasteiger partial charge is 0.497 e. The maximum Gasteiger partial charge on any atom is 0.408 e. The summed E-state index contributed by atoms with van der Waals surface area (Å²) in [7, 11) is 3.14. The number of ether oxygens (including phenoxy) is 2. The molecule has 196 valence electrons. The van der Waals surface area contributed by atoms with Gasteiger partial charge in [0.15, 0.2) is 0 Å². The minimum absolute atomic E-state index is 0.119. The molecular formula is C28H39N3O5. The molecule has 0 aliphatic heterocycles. The fourth-order valence-corrected chi connectivity index (χ4v) is 3.70. The van der Waals surface area contributed by atoms with Crippen molar-refractivity contribution in [1.29, 1.82) is 0 Å². The Morgan fingerprint density at radius 2 is 1.56 bits per heavy atom. The third-order valence-electron chi connectivity index (χ3n) is 5.43. The number of hydrogen-bond acceptors (Lipinski definition) is 5. The summed E-state index contributed by atoms with van der Waals surface area (Å²) in [5.41, 5.74) is 1.56. The van der Waals surface area contributed by atoms with E-state index in [-0.39, 0.29) is 17.7 Å². The first-order valence-electron chi connectivity index (χ1n) is 12.1. The van der Waals surface area contributed by atoms with Crippen molar-refractivity contribution in [2.45, 2.75) is 65.6 Å². The van der Waals surface area contributed by atoms with Crippen molar-refractivity contribution in [3.05, 3.63) is 59.7 Å². The van der Waals surface area contributed by atoms with Gasteiger partial charge in [-0.15, -0.1) is 0 Å². The highest BCUT2D eigenvalue weighted by Gasteiger charge is 2.34. The van der Waals surface area contributed by atoms with Crippen molar-refractivity contribution >= 4 is 23.6 Å². The van der Waals surface area contributed by atoms with Crippen molar-refractivity contribution in [2.75, 3.05) is 19.5 Å². The summed E-state index contributed by atoms with van der Waals surface area (Å²) in [6, 6.07) is 12.6. The number of nitrogens with one attached hydrogen (secondary N) is 2. The van der Waals surface area contributed by atoms with Crippen LogP contribution in [0.5, 0.6) is 5.75 Å². The number of rotatable bonds is 9. The molecule has 0 aromatic heterocycles. The van der Waals surface area contributed by atoms with Crippen LogP contribution in [0.25, 0.3) is 0 Å². The van der Waals surface area contributed by atoms with Crippen LogP contribution in [0.15, 0.2) is 48.5 Å². The SMILES string of the molecule is COc1ccc(NC(=O)C(c2ccc(C)cc2)N(C)C(=O)C(CC(C)C)NC(=O)OC(C)(C)C)cc1. The number of amides is 3. The smallest absolute Gasteiger partial charge is 0.408 e. The van der Waals surface area contributed by atoms with E-state index in [2.05, 4.69) is 10.6 Å². The molecule has 0 aliphatic carbocycles. The van der Waals surface area contributed by atoms with E-state index in [4.69, 9.17) is 9.47 Å². The molecule has 0 aliphatic rings. The van der Waals surface area contributed by atoms with Gasteiger partial charge in [0.05, 0.1) is 7.11 Å². The molecule has 2 aromatic rings. The lowest BCUT2D eigenvalue weighted by molar-refractivity contribution is -0.139. The van der Waals surface area contributed by atoms with Crippen molar-refractivity contribution in [3.63, 3.8) is 0 Å². The normalized spacial score (nSPS) is 12.9. The summed E-state index contributed by atoms with van der Waals surface area (Å²) in [4.78, 5) is 41.0. The van der Waals surface area contributed by atoms with Crippen LogP contribution >= 0.6 is 0 Å². The topological polar surface area (TPSA) is 97.0 Å². The van der Waals surface area contributed by atoms with Gasteiger partial charge in [0.2, 0.25) is 5.91 Å². The van der Waals surface area contributed by atoms with Crippen LogP contribution in [-0.2, 0) is 14.3 Å². The molecule has 2 unspecified atom stereocenters. The van der Waals surface area contributed by atoms with Crippen LogP contribution in [0.1, 0.15) is 58.2 Å². The van der Waals surface area contributed by atoms with Gasteiger partial charge in [-0.1, -0.05) is 43.7 Å². The van der Waals surface area contributed by atoms with Gasteiger partial charge in [-0.3, -0.25) is 9.59 Å². The summed E-state index contributed by atoms with van der Waals surface area (Å²) >= 11 is 0. The van der Waals surface area contributed by atoms with Crippen LogP contribution in [0, 0.1) is 12.8 Å². The lowest BCUT2D eigenvalue weighted by Crippen LogP contribution is -2.51. The molecule has 0 spiro atoms. The van der Waals surface area contributed by atoms with E-state index in [0.29, 0.717) is 23.4 Å². The molecule has 2 rings (SSSR count). The number of alkyl carbamates (subject to hydrolysis) is 1. The second-order valence-electron chi connectivity index (χ2n) is 10.3. The number of carbonyl (C=O) groups is 3. The molecule has 2 N–H and O–H groups in total. The average Bonchev–Trinajstić information content (AvgIpc) is 2.78. The summed E-state index contributed by atoms with van der Waals surface area (Å²) in [5, 5.41) is 5.60. The molecule has 0 saturated carbocycles. The molecule has 8 nitrogen and oxygen atoms in total. The minimum Gasteiger partial charge on any atom is -0.497 e. The predicted octanol–water partition coefficient (Wildman–Crippen LogP) is 5.08. The molecule has 0 fully saturated rings. The highest BCUT2D eigenvalue weighted by atomic mass is 16.6. The molecule has 2 atom stereocenters.